The summed E-state index contributed by atoms with van der Waals surface area (Å²) < 4.78 is 7.08. The first-order chi connectivity index (χ1) is 15.0. The van der Waals surface area contributed by atoms with Crippen LogP contribution in [0.15, 0.2) is 35.1 Å². The van der Waals surface area contributed by atoms with Crippen LogP contribution in [0.5, 0.6) is 0 Å². The van der Waals surface area contributed by atoms with Gasteiger partial charge in [-0.25, -0.2) is 9.78 Å². The molecule has 8 heteroatoms. The van der Waals surface area contributed by atoms with Crippen LogP contribution in [0.2, 0.25) is 0 Å². The first-order valence-corrected chi connectivity index (χ1v) is 11.5. The zero-order valence-electron chi connectivity index (χ0n) is 17.5. The van der Waals surface area contributed by atoms with Crippen LogP contribution in [0.4, 0.5) is 5.69 Å². The van der Waals surface area contributed by atoms with E-state index in [1.165, 1.54) is 10.9 Å². The number of carbonyl (C=O) groups is 2. The zero-order valence-corrected chi connectivity index (χ0v) is 18.3. The van der Waals surface area contributed by atoms with Crippen molar-refractivity contribution in [2.45, 2.75) is 58.5 Å². The first kappa shape index (κ1) is 21.2. The molecule has 162 valence electrons. The number of fused-ring (bicyclic) bond motifs is 3. The summed E-state index contributed by atoms with van der Waals surface area (Å²) in [7, 11) is 0. The molecule has 0 saturated carbocycles. The van der Waals surface area contributed by atoms with Crippen LogP contribution in [-0.4, -0.2) is 21.3 Å². The van der Waals surface area contributed by atoms with Crippen molar-refractivity contribution < 1.29 is 14.3 Å². The number of nitrogens with one attached hydrogen (secondary N) is 1. The van der Waals surface area contributed by atoms with E-state index in [2.05, 4.69) is 10.3 Å². The minimum Gasteiger partial charge on any atom is -0.456 e. The molecular weight excluding hydrogens is 414 g/mol. The van der Waals surface area contributed by atoms with Gasteiger partial charge in [0.25, 0.3) is 5.56 Å². The van der Waals surface area contributed by atoms with Crippen molar-refractivity contribution in [2.24, 2.45) is 0 Å². The summed E-state index contributed by atoms with van der Waals surface area (Å²) in [6.07, 6.45) is 6.31. The number of amides is 1. The molecule has 1 aliphatic rings. The van der Waals surface area contributed by atoms with Gasteiger partial charge < -0.3 is 10.1 Å². The van der Waals surface area contributed by atoms with Crippen LogP contribution in [0, 0.1) is 0 Å². The maximum atomic E-state index is 12.6. The summed E-state index contributed by atoms with van der Waals surface area (Å²) >= 11 is 1.54. The van der Waals surface area contributed by atoms with Gasteiger partial charge in [0.2, 0.25) is 5.91 Å². The molecule has 3 aromatic rings. The van der Waals surface area contributed by atoms with Gasteiger partial charge in [-0.1, -0.05) is 19.4 Å². The molecule has 1 aliphatic carbocycles. The number of nitrogens with zero attached hydrogens (tertiary/aromatic N) is 2. The molecule has 2 heterocycles. The Morgan fingerprint density at radius 2 is 2.06 bits per heavy atom. The van der Waals surface area contributed by atoms with E-state index >= 15 is 0 Å². The number of anilines is 1. The van der Waals surface area contributed by atoms with Gasteiger partial charge in [-0.2, -0.15) is 0 Å². The first-order valence-electron chi connectivity index (χ1n) is 10.7. The highest BCUT2D eigenvalue weighted by Crippen LogP contribution is 2.28. The lowest BCUT2D eigenvalue weighted by Gasteiger charge is -2.10. The fourth-order valence-corrected chi connectivity index (χ4v) is 4.96. The fraction of sp³-hybridized carbons (Fsp3) is 0.391. The summed E-state index contributed by atoms with van der Waals surface area (Å²) in [6, 6.07) is 8.08. The average molecular weight is 440 g/mol. The van der Waals surface area contributed by atoms with E-state index in [1.807, 2.05) is 6.92 Å². The Labute approximate surface area is 184 Å². The number of rotatable bonds is 7. The lowest BCUT2D eigenvalue weighted by molar-refractivity contribution is -0.116. The Kier molecular flexibility index (Phi) is 6.46. The molecule has 0 atom stereocenters. The number of benzene rings is 1. The van der Waals surface area contributed by atoms with Crippen LogP contribution >= 0.6 is 11.3 Å². The molecule has 0 unspecified atom stereocenters. The second kappa shape index (κ2) is 9.43. The minimum atomic E-state index is -0.530. The molecule has 7 nitrogen and oxygen atoms in total. The SMILES string of the molecule is CCCCC(=O)Nc1cccc(C(=O)OCc2cc(=O)n3c4c(sc3n2)CCCC4)c1. The van der Waals surface area contributed by atoms with Crippen LogP contribution in [0.3, 0.4) is 0 Å². The van der Waals surface area contributed by atoms with Crippen molar-refractivity contribution in [1.82, 2.24) is 9.38 Å². The highest BCUT2D eigenvalue weighted by atomic mass is 32.1. The van der Waals surface area contributed by atoms with Gasteiger partial charge in [0, 0.05) is 28.7 Å². The Hall–Kier alpha value is -3.00. The molecule has 4 rings (SSSR count). The molecule has 1 amide bonds. The number of hydrogen-bond donors (Lipinski definition) is 1. The Balaban J connectivity index is 1.44. The third-order valence-corrected chi connectivity index (χ3v) is 6.45. The van der Waals surface area contributed by atoms with E-state index in [0.717, 1.165) is 44.2 Å². The van der Waals surface area contributed by atoms with Crippen LogP contribution in [0.1, 0.15) is 65.7 Å². The fourth-order valence-electron chi connectivity index (χ4n) is 3.72. The summed E-state index contributed by atoms with van der Waals surface area (Å²) in [6.45, 7) is 1.94. The van der Waals surface area contributed by atoms with Crippen molar-refractivity contribution in [3.8, 4) is 0 Å². The Morgan fingerprint density at radius 3 is 2.90 bits per heavy atom. The molecule has 1 N–H and O–H groups in total. The van der Waals surface area contributed by atoms with Crippen molar-refractivity contribution in [1.29, 1.82) is 0 Å². The van der Waals surface area contributed by atoms with E-state index in [1.54, 1.807) is 40.0 Å². The molecule has 0 aliphatic heterocycles. The van der Waals surface area contributed by atoms with Crippen LogP contribution in [-0.2, 0) is 29.0 Å². The van der Waals surface area contributed by atoms with E-state index < -0.39 is 5.97 Å². The maximum Gasteiger partial charge on any atom is 0.338 e. The monoisotopic (exact) mass is 439 g/mol. The largest absolute Gasteiger partial charge is 0.456 e. The van der Waals surface area contributed by atoms with Gasteiger partial charge in [0.1, 0.15) is 6.61 Å². The van der Waals surface area contributed by atoms with Gasteiger partial charge in [0.05, 0.1) is 11.3 Å². The zero-order chi connectivity index (χ0) is 21.8. The lowest BCUT2D eigenvalue weighted by atomic mass is 10.0. The van der Waals surface area contributed by atoms with Crippen molar-refractivity contribution in [3.63, 3.8) is 0 Å². The number of ether oxygens (including phenoxy) is 1. The Bertz CT molecular complexity index is 1180. The number of hydrogen-bond acceptors (Lipinski definition) is 6. The highest BCUT2D eigenvalue weighted by Gasteiger charge is 2.19. The molecule has 0 saturated heterocycles. The quantitative estimate of drug-likeness (QED) is 0.559. The molecule has 1 aromatic carbocycles. The summed E-state index contributed by atoms with van der Waals surface area (Å²) in [5.74, 6) is -0.610. The molecule has 0 bridgehead atoms. The lowest BCUT2D eigenvalue weighted by Crippen LogP contribution is -2.18. The van der Waals surface area contributed by atoms with Crippen molar-refractivity contribution in [2.75, 3.05) is 5.32 Å². The molecule has 2 aromatic heterocycles. The number of aromatic nitrogens is 2. The number of unbranched alkanes of at least 4 members (excludes halogenated alkanes) is 1. The second-order valence-electron chi connectivity index (χ2n) is 7.69. The Morgan fingerprint density at radius 1 is 1.23 bits per heavy atom. The highest BCUT2D eigenvalue weighted by molar-refractivity contribution is 7.17. The van der Waals surface area contributed by atoms with Gasteiger partial charge in [-0.3, -0.25) is 14.0 Å². The predicted octanol–water partition coefficient (Wildman–Crippen LogP) is 4.12. The van der Waals surface area contributed by atoms with Gasteiger partial charge in [-0.15, -0.1) is 11.3 Å². The molecule has 0 radical (unpaired) electrons. The molecular formula is C23H25N3O4S. The third kappa shape index (κ3) is 4.85. The number of carbonyl (C=O) groups excluding carboxylic acids is 2. The van der Waals surface area contributed by atoms with E-state index in [0.29, 0.717) is 28.3 Å². The minimum absolute atomic E-state index is 0.0796. The number of thiazole rings is 1. The second-order valence-corrected chi connectivity index (χ2v) is 8.75. The standard InChI is InChI=1S/C23H25N3O4S/c1-2-3-11-20(27)24-16-8-6-7-15(12-16)22(29)30-14-17-13-21(28)26-18-9-4-5-10-19(18)31-23(26)25-17/h6-8,12-13H,2-5,9-11,14H2,1H3,(H,24,27). The molecule has 0 fully saturated rings. The smallest absolute Gasteiger partial charge is 0.338 e. The predicted molar refractivity (Wildman–Crippen MR) is 120 cm³/mol. The van der Waals surface area contributed by atoms with Crippen LogP contribution < -0.4 is 10.9 Å². The molecule has 31 heavy (non-hydrogen) atoms. The normalized spacial score (nSPS) is 13.1. The van der Waals surface area contributed by atoms with Crippen LogP contribution in [0.25, 0.3) is 4.96 Å². The maximum absolute atomic E-state index is 12.6. The average Bonchev–Trinajstić information content (AvgIpc) is 3.15. The summed E-state index contributed by atoms with van der Waals surface area (Å²) in [5, 5.41) is 2.80. The summed E-state index contributed by atoms with van der Waals surface area (Å²) in [5.41, 5.74) is 2.26. The third-order valence-electron chi connectivity index (χ3n) is 5.31. The topological polar surface area (TPSA) is 89.8 Å². The van der Waals surface area contributed by atoms with Gasteiger partial charge >= 0.3 is 5.97 Å². The van der Waals surface area contributed by atoms with Crippen molar-refractivity contribution >= 4 is 33.9 Å². The summed E-state index contributed by atoms with van der Waals surface area (Å²) in [4.78, 5) is 43.4. The number of esters is 1. The number of aryl methyl sites for hydroxylation is 2. The van der Waals surface area contributed by atoms with E-state index in [4.69, 9.17) is 4.74 Å². The van der Waals surface area contributed by atoms with Crippen molar-refractivity contribution in [3.05, 3.63) is 62.5 Å². The molecule has 0 spiro atoms. The van der Waals surface area contributed by atoms with Gasteiger partial charge in [0.15, 0.2) is 4.96 Å². The van der Waals surface area contributed by atoms with E-state index in [-0.39, 0.29) is 18.1 Å². The van der Waals surface area contributed by atoms with E-state index in [9.17, 15) is 14.4 Å². The van der Waals surface area contributed by atoms with Gasteiger partial charge in [-0.05, 0) is 50.3 Å².